The standard InChI is InChI=1S/C7H4Cl2F2O2S/c8-5-1-2-6(10)7(11)4(5)3-14(9,12)13/h1-2H,3H2. The molecule has 1 rings (SSSR count). The highest BCUT2D eigenvalue weighted by molar-refractivity contribution is 8.13. The second-order valence-electron chi connectivity index (χ2n) is 2.50. The summed E-state index contributed by atoms with van der Waals surface area (Å²) in [4.78, 5) is 0. The molecule has 7 heteroatoms. The molecule has 0 amide bonds. The zero-order chi connectivity index (χ0) is 10.9. The van der Waals surface area contributed by atoms with Crippen LogP contribution in [-0.2, 0) is 14.8 Å². The fraction of sp³-hybridized carbons (Fsp3) is 0.143. The molecule has 0 aliphatic heterocycles. The first kappa shape index (κ1) is 11.7. The van der Waals surface area contributed by atoms with Gasteiger partial charge in [0.1, 0.15) is 0 Å². The zero-order valence-electron chi connectivity index (χ0n) is 6.60. The molecule has 1 aromatic rings. The van der Waals surface area contributed by atoms with Crippen LogP contribution in [0.15, 0.2) is 12.1 Å². The minimum absolute atomic E-state index is 0.173. The van der Waals surface area contributed by atoms with E-state index in [4.69, 9.17) is 22.3 Å². The first-order valence-electron chi connectivity index (χ1n) is 3.36. The normalized spacial score (nSPS) is 11.7. The summed E-state index contributed by atoms with van der Waals surface area (Å²) in [7, 11) is 0.931. The van der Waals surface area contributed by atoms with Gasteiger partial charge in [0.2, 0.25) is 9.05 Å². The molecule has 1 aromatic carbocycles. The lowest BCUT2D eigenvalue weighted by atomic mass is 10.2. The van der Waals surface area contributed by atoms with Crippen LogP contribution >= 0.6 is 22.3 Å². The third-order valence-electron chi connectivity index (χ3n) is 1.46. The summed E-state index contributed by atoms with van der Waals surface area (Å²) < 4.78 is 46.9. The first-order chi connectivity index (χ1) is 6.31. The van der Waals surface area contributed by atoms with E-state index in [0.29, 0.717) is 0 Å². The van der Waals surface area contributed by atoms with Crippen LogP contribution in [0.1, 0.15) is 5.56 Å². The van der Waals surface area contributed by atoms with Crippen LogP contribution in [0.5, 0.6) is 0 Å². The monoisotopic (exact) mass is 260 g/mol. The van der Waals surface area contributed by atoms with Crippen LogP contribution in [0.4, 0.5) is 8.78 Å². The predicted octanol–water partition coefficient (Wildman–Crippen LogP) is 2.69. The largest absolute Gasteiger partial charge is 0.236 e. The van der Waals surface area contributed by atoms with Crippen molar-refractivity contribution >= 4 is 31.3 Å². The van der Waals surface area contributed by atoms with Gasteiger partial charge in [-0.25, -0.2) is 17.2 Å². The minimum Gasteiger partial charge on any atom is -0.212 e. The number of halogens is 4. The smallest absolute Gasteiger partial charge is 0.212 e. The van der Waals surface area contributed by atoms with Crippen LogP contribution in [0.2, 0.25) is 5.02 Å². The maximum absolute atomic E-state index is 13.0. The van der Waals surface area contributed by atoms with Gasteiger partial charge in [0.25, 0.3) is 0 Å². The fourth-order valence-corrected chi connectivity index (χ4v) is 2.12. The topological polar surface area (TPSA) is 34.1 Å². The fourth-order valence-electron chi connectivity index (χ4n) is 0.874. The van der Waals surface area contributed by atoms with Gasteiger partial charge >= 0.3 is 0 Å². The molecule has 0 radical (unpaired) electrons. The maximum atomic E-state index is 13.0. The molecule has 0 aromatic heterocycles. The second-order valence-corrected chi connectivity index (χ2v) is 5.69. The molecule has 0 aliphatic rings. The Labute approximate surface area is 88.9 Å². The lowest BCUT2D eigenvalue weighted by Crippen LogP contribution is -2.01. The Balaban J connectivity index is 3.27. The minimum atomic E-state index is -3.96. The van der Waals surface area contributed by atoms with Gasteiger partial charge in [-0.05, 0) is 12.1 Å². The van der Waals surface area contributed by atoms with E-state index in [1.54, 1.807) is 0 Å². The Morgan fingerprint density at radius 3 is 2.36 bits per heavy atom. The van der Waals surface area contributed by atoms with Crippen molar-refractivity contribution in [3.8, 4) is 0 Å². The van der Waals surface area contributed by atoms with Crippen molar-refractivity contribution in [2.45, 2.75) is 5.75 Å². The van der Waals surface area contributed by atoms with Crippen molar-refractivity contribution in [1.82, 2.24) is 0 Å². The van der Waals surface area contributed by atoms with Crippen molar-refractivity contribution in [2.75, 3.05) is 0 Å². The third-order valence-corrected chi connectivity index (χ3v) is 2.77. The van der Waals surface area contributed by atoms with Crippen molar-refractivity contribution < 1.29 is 17.2 Å². The molecule has 0 spiro atoms. The second kappa shape index (κ2) is 4.00. The van der Waals surface area contributed by atoms with Crippen molar-refractivity contribution in [1.29, 1.82) is 0 Å². The summed E-state index contributed by atoms with van der Waals surface area (Å²) in [5.41, 5.74) is -0.457. The molecule has 0 N–H and O–H groups in total. The highest BCUT2D eigenvalue weighted by atomic mass is 35.7. The average Bonchev–Trinajstić information content (AvgIpc) is 2.04. The SMILES string of the molecule is O=S(=O)(Cl)Cc1c(Cl)ccc(F)c1F. The van der Waals surface area contributed by atoms with Crippen molar-refractivity contribution in [3.05, 3.63) is 34.4 Å². The molecule has 0 unspecified atom stereocenters. The van der Waals surface area contributed by atoms with E-state index < -0.39 is 32.0 Å². The van der Waals surface area contributed by atoms with Crippen LogP contribution < -0.4 is 0 Å². The molecular weight excluding hydrogens is 257 g/mol. The summed E-state index contributed by atoms with van der Waals surface area (Å²) in [6.07, 6.45) is 0. The van der Waals surface area contributed by atoms with E-state index in [1.165, 1.54) is 0 Å². The van der Waals surface area contributed by atoms with Gasteiger partial charge < -0.3 is 0 Å². The van der Waals surface area contributed by atoms with E-state index in [1.807, 2.05) is 0 Å². The summed E-state index contributed by atoms with van der Waals surface area (Å²) >= 11 is 5.48. The van der Waals surface area contributed by atoms with Gasteiger partial charge in [0, 0.05) is 21.3 Å². The van der Waals surface area contributed by atoms with Crippen LogP contribution in [0.3, 0.4) is 0 Å². The van der Waals surface area contributed by atoms with Crippen LogP contribution in [0, 0.1) is 11.6 Å². The Morgan fingerprint density at radius 1 is 1.29 bits per heavy atom. The molecule has 0 heterocycles. The molecular formula is C7H4Cl2F2O2S. The molecule has 14 heavy (non-hydrogen) atoms. The average molecular weight is 261 g/mol. The molecule has 2 nitrogen and oxygen atoms in total. The number of benzene rings is 1. The van der Waals surface area contributed by atoms with E-state index in [9.17, 15) is 17.2 Å². The Morgan fingerprint density at radius 2 is 1.86 bits per heavy atom. The molecule has 0 atom stereocenters. The zero-order valence-corrected chi connectivity index (χ0v) is 8.93. The molecule has 0 saturated heterocycles. The van der Waals surface area contributed by atoms with Gasteiger partial charge in [0.05, 0.1) is 5.75 Å². The molecule has 0 bridgehead atoms. The highest BCUT2D eigenvalue weighted by Gasteiger charge is 2.17. The van der Waals surface area contributed by atoms with E-state index in [-0.39, 0.29) is 5.02 Å². The Bertz CT molecular complexity index is 459. The lowest BCUT2D eigenvalue weighted by Gasteiger charge is -2.03. The van der Waals surface area contributed by atoms with E-state index in [0.717, 1.165) is 12.1 Å². The lowest BCUT2D eigenvalue weighted by molar-refractivity contribution is 0.501. The first-order valence-corrected chi connectivity index (χ1v) is 6.21. The highest BCUT2D eigenvalue weighted by Crippen LogP contribution is 2.24. The van der Waals surface area contributed by atoms with Crippen LogP contribution in [-0.4, -0.2) is 8.42 Å². The number of rotatable bonds is 2. The summed E-state index contributed by atoms with van der Waals surface area (Å²) in [5, 5.41) is -0.173. The predicted molar refractivity (Wildman–Crippen MR) is 49.8 cm³/mol. The van der Waals surface area contributed by atoms with Crippen molar-refractivity contribution in [3.63, 3.8) is 0 Å². The maximum Gasteiger partial charge on any atom is 0.236 e. The van der Waals surface area contributed by atoms with Gasteiger partial charge in [-0.1, -0.05) is 11.6 Å². The Kier molecular flexibility index (Phi) is 3.34. The van der Waals surface area contributed by atoms with Gasteiger partial charge in [-0.2, -0.15) is 0 Å². The summed E-state index contributed by atoms with van der Waals surface area (Å²) in [6.45, 7) is 0. The van der Waals surface area contributed by atoms with E-state index >= 15 is 0 Å². The van der Waals surface area contributed by atoms with Gasteiger partial charge in [-0.15, -0.1) is 0 Å². The number of hydrogen-bond acceptors (Lipinski definition) is 2. The third kappa shape index (κ3) is 2.80. The molecule has 0 saturated carbocycles. The van der Waals surface area contributed by atoms with Crippen molar-refractivity contribution in [2.24, 2.45) is 0 Å². The van der Waals surface area contributed by atoms with E-state index in [2.05, 4.69) is 0 Å². The van der Waals surface area contributed by atoms with Crippen LogP contribution in [0.25, 0.3) is 0 Å². The molecule has 0 fully saturated rings. The quantitative estimate of drug-likeness (QED) is 0.605. The summed E-state index contributed by atoms with van der Waals surface area (Å²) in [6, 6.07) is 1.87. The number of hydrogen-bond donors (Lipinski definition) is 0. The van der Waals surface area contributed by atoms with Gasteiger partial charge in [0.15, 0.2) is 11.6 Å². The Hall–Kier alpha value is -0.390. The molecule has 0 aliphatic carbocycles. The molecule has 78 valence electrons. The summed E-state index contributed by atoms with van der Waals surface area (Å²) in [5.74, 6) is -3.29. The van der Waals surface area contributed by atoms with Gasteiger partial charge in [-0.3, -0.25) is 0 Å².